The molecule has 2 aliphatic rings. The van der Waals surface area contributed by atoms with Crippen LogP contribution in [0.25, 0.3) is 0 Å². The van der Waals surface area contributed by atoms with E-state index in [0.29, 0.717) is 17.9 Å². The Morgan fingerprint density at radius 2 is 2.18 bits per heavy atom. The lowest BCUT2D eigenvalue weighted by molar-refractivity contribution is -0.132. The van der Waals surface area contributed by atoms with Crippen molar-refractivity contribution in [3.05, 3.63) is 0 Å². The minimum absolute atomic E-state index is 0.404. The molecule has 0 unspecified atom stereocenters. The zero-order chi connectivity index (χ0) is 12.3. The quantitative estimate of drug-likeness (QED) is 0.812. The summed E-state index contributed by atoms with van der Waals surface area (Å²) >= 11 is 0. The standard InChI is InChI=1S/C14H26N2O/c1-11-5-6-12(8-11)9-14(17)16-7-3-4-13(16)10-15-2/h11-13,15H,3-10H2,1-2H3/t11-,12+,13-/m0/s1. The maximum absolute atomic E-state index is 12.3. The first kappa shape index (κ1) is 12.9. The summed E-state index contributed by atoms with van der Waals surface area (Å²) in [6, 6.07) is 0.450. The topological polar surface area (TPSA) is 32.3 Å². The van der Waals surface area contributed by atoms with Gasteiger partial charge in [0.25, 0.3) is 0 Å². The van der Waals surface area contributed by atoms with Crippen LogP contribution >= 0.6 is 0 Å². The minimum atomic E-state index is 0.404. The van der Waals surface area contributed by atoms with Crippen LogP contribution in [-0.2, 0) is 4.79 Å². The molecule has 3 heteroatoms. The number of likely N-dealkylation sites (tertiary alicyclic amines) is 1. The van der Waals surface area contributed by atoms with E-state index < -0.39 is 0 Å². The third kappa shape index (κ3) is 3.21. The van der Waals surface area contributed by atoms with Crippen LogP contribution < -0.4 is 5.32 Å². The molecule has 1 aliphatic carbocycles. The first-order chi connectivity index (χ1) is 8.20. The Balaban J connectivity index is 1.82. The van der Waals surface area contributed by atoms with E-state index in [1.807, 2.05) is 7.05 Å². The number of rotatable bonds is 4. The van der Waals surface area contributed by atoms with Crippen molar-refractivity contribution < 1.29 is 4.79 Å². The number of likely N-dealkylation sites (N-methyl/N-ethyl adjacent to an activating group) is 1. The Hall–Kier alpha value is -0.570. The van der Waals surface area contributed by atoms with Crippen molar-refractivity contribution in [3.8, 4) is 0 Å². The molecule has 0 aromatic rings. The Morgan fingerprint density at radius 3 is 2.82 bits per heavy atom. The van der Waals surface area contributed by atoms with Crippen LogP contribution in [0.5, 0.6) is 0 Å². The number of nitrogens with zero attached hydrogens (tertiary/aromatic N) is 1. The van der Waals surface area contributed by atoms with Gasteiger partial charge in [0, 0.05) is 25.6 Å². The maximum Gasteiger partial charge on any atom is 0.223 e. The molecule has 3 atom stereocenters. The third-order valence-electron chi connectivity index (χ3n) is 4.40. The van der Waals surface area contributed by atoms with E-state index in [1.54, 1.807) is 0 Å². The molecule has 1 saturated carbocycles. The number of nitrogens with one attached hydrogen (secondary N) is 1. The molecule has 1 amide bonds. The van der Waals surface area contributed by atoms with Crippen LogP contribution in [-0.4, -0.2) is 37.0 Å². The second-order valence-electron chi connectivity index (χ2n) is 5.93. The number of carbonyl (C=O) groups is 1. The molecule has 2 rings (SSSR count). The molecular weight excluding hydrogens is 212 g/mol. The fraction of sp³-hybridized carbons (Fsp3) is 0.929. The Labute approximate surface area is 105 Å². The van der Waals surface area contributed by atoms with Crippen LogP contribution in [0, 0.1) is 11.8 Å². The Kier molecular flexibility index (Phi) is 4.43. The minimum Gasteiger partial charge on any atom is -0.338 e. The lowest BCUT2D eigenvalue weighted by Gasteiger charge is -2.25. The molecule has 0 spiro atoms. The summed E-state index contributed by atoms with van der Waals surface area (Å²) in [7, 11) is 1.97. The molecule has 98 valence electrons. The zero-order valence-electron chi connectivity index (χ0n) is 11.2. The first-order valence-corrected chi connectivity index (χ1v) is 7.14. The highest BCUT2D eigenvalue weighted by Crippen LogP contribution is 2.33. The van der Waals surface area contributed by atoms with Gasteiger partial charge in [0.1, 0.15) is 0 Å². The average Bonchev–Trinajstić information content (AvgIpc) is 2.88. The molecule has 0 aromatic heterocycles. The average molecular weight is 238 g/mol. The molecule has 17 heavy (non-hydrogen) atoms. The fourth-order valence-electron chi connectivity index (χ4n) is 3.49. The summed E-state index contributed by atoms with van der Waals surface area (Å²) in [5.41, 5.74) is 0. The van der Waals surface area contributed by atoms with E-state index in [2.05, 4.69) is 17.1 Å². The number of amides is 1. The highest BCUT2D eigenvalue weighted by Gasteiger charge is 2.31. The van der Waals surface area contributed by atoms with Crippen molar-refractivity contribution in [2.75, 3.05) is 20.1 Å². The first-order valence-electron chi connectivity index (χ1n) is 7.14. The van der Waals surface area contributed by atoms with Gasteiger partial charge in [-0.2, -0.15) is 0 Å². The highest BCUT2D eigenvalue weighted by molar-refractivity contribution is 5.77. The predicted octanol–water partition coefficient (Wildman–Crippen LogP) is 2.02. The molecule has 0 aromatic carbocycles. The lowest BCUT2D eigenvalue weighted by Crippen LogP contribution is -2.41. The van der Waals surface area contributed by atoms with Crippen molar-refractivity contribution in [3.63, 3.8) is 0 Å². The van der Waals surface area contributed by atoms with Crippen molar-refractivity contribution >= 4 is 5.91 Å². The van der Waals surface area contributed by atoms with E-state index in [4.69, 9.17) is 0 Å². The zero-order valence-corrected chi connectivity index (χ0v) is 11.2. The number of hydrogen-bond acceptors (Lipinski definition) is 2. The molecule has 0 bridgehead atoms. The van der Waals surface area contributed by atoms with Crippen molar-refractivity contribution in [1.82, 2.24) is 10.2 Å². The van der Waals surface area contributed by atoms with Crippen LogP contribution in [0.1, 0.15) is 45.4 Å². The fourth-order valence-corrected chi connectivity index (χ4v) is 3.49. The van der Waals surface area contributed by atoms with Gasteiger partial charge in [0.2, 0.25) is 5.91 Å². The summed E-state index contributed by atoms with van der Waals surface area (Å²) in [6.45, 7) is 4.24. The molecule has 1 N–H and O–H groups in total. The van der Waals surface area contributed by atoms with Gasteiger partial charge >= 0.3 is 0 Å². The van der Waals surface area contributed by atoms with Crippen molar-refractivity contribution in [1.29, 1.82) is 0 Å². The Morgan fingerprint density at radius 1 is 1.35 bits per heavy atom. The normalized spacial score (nSPS) is 33.3. The van der Waals surface area contributed by atoms with Crippen molar-refractivity contribution in [2.24, 2.45) is 11.8 Å². The summed E-state index contributed by atoms with van der Waals surface area (Å²) in [5, 5.41) is 3.20. The number of hydrogen-bond donors (Lipinski definition) is 1. The summed E-state index contributed by atoms with van der Waals surface area (Å²) < 4.78 is 0. The third-order valence-corrected chi connectivity index (χ3v) is 4.40. The van der Waals surface area contributed by atoms with E-state index >= 15 is 0 Å². The SMILES string of the molecule is CNC[C@@H]1CCCN1C(=O)C[C@@H]1CC[C@H](C)C1. The predicted molar refractivity (Wildman–Crippen MR) is 69.8 cm³/mol. The number of carbonyl (C=O) groups excluding carboxylic acids is 1. The maximum atomic E-state index is 12.3. The lowest BCUT2D eigenvalue weighted by atomic mass is 10.0. The van der Waals surface area contributed by atoms with E-state index in [0.717, 1.165) is 25.4 Å². The van der Waals surface area contributed by atoms with E-state index in [1.165, 1.54) is 32.1 Å². The Bertz CT molecular complexity index is 267. The second-order valence-corrected chi connectivity index (χ2v) is 5.93. The van der Waals surface area contributed by atoms with E-state index in [9.17, 15) is 4.79 Å². The summed E-state index contributed by atoms with van der Waals surface area (Å²) in [6.07, 6.45) is 6.99. The van der Waals surface area contributed by atoms with Crippen LogP contribution in [0.2, 0.25) is 0 Å². The van der Waals surface area contributed by atoms with Gasteiger partial charge in [-0.05, 0) is 44.6 Å². The van der Waals surface area contributed by atoms with Gasteiger partial charge in [-0.1, -0.05) is 13.3 Å². The summed E-state index contributed by atoms with van der Waals surface area (Å²) in [4.78, 5) is 14.4. The van der Waals surface area contributed by atoms with Gasteiger partial charge in [-0.3, -0.25) is 4.79 Å². The van der Waals surface area contributed by atoms with E-state index in [-0.39, 0.29) is 0 Å². The van der Waals surface area contributed by atoms with Crippen LogP contribution in [0.15, 0.2) is 0 Å². The second kappa shape index (κ2) is 5.85. The van der Waals surface area contributed by atoms with Gasteiger partial charge in [-0.25, -0.2) is 0 Å². The van der Waals surface area contributed by atoms with Gasteiger partial charge in [0.15, 0.2) is 0 Å². The van der Waals surface area contributed by atoms with Crippen LogP contribution in [0.4, 0.5) is 0 Å². The summed E-state index contributed by atoms with van der Waals surface area (Å²) in [5.74, 6) is 1.90. The molecular formula is C14H26N2O. The molecule has 1 aliphatic heterocycles. The molecule has 1 heterocycles. The van der Waals surface area contributed by atoms with Crippen molar-refractivity contribution in [2.45, 2.75) is 51.5 Å². The molecule has 2 fully saturated rings. The molecule has 1 saturated heterocycles. The molecule has 3 nitrogen and oxygen atoms in total. The monoisotopic (exact) mass is 238 g/mol. The van der Waals surface area contributed by atoms with Crippen LogP contribution in [0.3, 0.4) is 0 Å². The highest BCUT2D eigenvalue weighted by atomic mass is 16.2. The van der Waals surface area contributed by atoms with Gasteiger partial charge in [0.05, 0.1) is 0 Å². The van der Waals surface area contributed by atoms with Gasteiger partial charge < -0.3 is 10.2 Å². The largest absolute Gasteiger partial charge is 0.338 e. The molecule has 0 radical (unpaired) electrons. The van der Waals surface area contributed by atoms with Gasteiger partial charge in [-0.15, -0.1) is 0 Å². The smallest absolute Gasteiger partial charge is 0.223 e.